The van der Waals surface area contributed by atoms with E-state index >= 15 is 0 Å². The van der Waals surface area contributed by atoms with E-state index in [1.54, 1.807) is 6.07 Å². The van der Waals surface area contributed by atoms with Gasteiger partial charge in [-0.05, 0) is 6.07 Å². The molecule has 0 spiro atoms. The van der Waals surface area contributed by atoms with Crippen molar-refractivity contribution in [2.45, 2.75) is 6.42 Å². The molecule has 0 aliphatic carbocycles. The second-order valence-electron chi connectivity index (χ2n) is 6.39. The zero-order valence-corrected chi connectivity index (χ0v) is 14.6. The van der Waals surface area contributed by atoms with Gasteiger partial charge in [-0.3, -0.25) is 15.0 Å². The van der Waals surface area contributed by atoms with Crippen LogP contribution < -0.4 is 9.80 Å². The number of rotatable bonds is 5. The number of anilines is 2. The van der Waals surface area contributed by atoms with Crippen LogP contribution in [0.25, 0.3) is 0 Å². The minimum atomic E-state index is -0.574. The normalized spacial score (nSPS) is 18.6. The summed E-state index contributed by atoms with van der Waals surface area (Å²) in [5.41, 5.74) is 0.642. The summed E-state index contributed by atoms with van der Waals surface area (Å²) in [5.74, 6) is -0.574. The van der Waals surface area contributed by atoms with Crippen molar-refractivity contribution in [1.82, 2.24) is 4.90 Å². The van der Waals surface area contributed by atoms with Crippen LogP contribution in [0.5, 0.6) is 0 Å². The Morgan fingerprint density at radius 3 is 2.38 bits per heavy atom. The van der Waals surface area contributed by atoms with Gasteiger partial charge < -0.3 is 14.5 Å². The maximum atomic E-state index is 14.5. The van der Waals surface area contributed by atoms with Gasteiger partial charge in [0.2, 0.25) is 0 Å². The molecule has 8 nitrogen and oxygen atoms in total. The zero-order chi connectivity index (χ0) is 18.5. The smallest absolute Gasteiger partial charge is 0.295 e. The minimum absolute atomic E-state index is 0.204. The maximum Gasteiger partial charge on any atom is 0.295 e. The van der Waals surface area contributed by atoms with Gasteiger partial charge >= 0.3 is 0 Å². The fourth-order valence-electron chi connectivity index (χ4n) is 3.41. The van der Waals surface area contributed by atoms with Crippen LogP contribution in [0.3, 0.4) is 0 Å². The summed E-state index contributed by atoms with van der Waals surface area (Å²) in [6.07, 6.45) is 0.470. The molecule has 0 saturated carbocycles. The van der Waals surface area contributed by atoms with E-state index in [1.807, 2.05) is 9.80 Å². The molecule has 0 aromatic heterocycles. The van der Waals surface area contributed by atoms with Gasteiger partial charge in [-0.1, -0.05) is 0 Å². The molecule has 9 heteroatoms. The Hall–Kier alpha value is -2.44. The van der Waals surface area contributed by atoms with Crippen molar-refractivity contribution in [2.24, 2.45) is 0 Å². The highest BCUT2D eigenvalue weighted by Crippen LogP contribution is 2.35. The molecule has 2 aliphatic rings. The summed E-state index contributed by atoms with van der Waals surface area (Å²) in [6.45, 7) is 5.54. The third kappa shape index (κ3) is 4.03. The molecule has 0 unspecified atom stereocenters. The molecule has 2 saturated heterocycles. The summed E-state index contributed by atoms with van der Waals surface area (Å²) in [4.78, 5) is 16.9. The number of benzene rings is 1. The Morgan fingerprint density at radius 1 is 1.12 bits per heavy atom. The molecular formula is C17H22FN5O3. The monoisotopic (exact) mass is 363 g/mol. The molecule has 0 atom stereocenters. The minimum Gasteiger partial charge on any atom is -0.378 e. The van der Waals surface area contributed by atoms with Crippen LogP contribution in [0, 0.1) is 27.3 Å². The summed E-state index contributed by atoms with van der Waals surface area (Å²) >= 11 is 0. The second kappa shape index (κ2) is 8.29. The van der Waals surface area contributed by atoms with Gasteiger partial charge in [0.05, 0.1) is 36.0 Å². The molecule has 2 fully saturated rings. The van der Waals surface area contributed by atoms with Gasteiger partial charge in [0, 0.05) is 52.2 Å². The number of halogens is 1. The molecule has 0 radical (unpaired) electrons. The van der Waals surface area contributed by atoms with Crippen molar-refractivity contribution in [3.8, 4) is 6.07 Å². The maximum absolute atomic E-state index is 14.5. The lowest BCUT2D eigenvalue weighted by atomic mass is 10.1. The van der Waals surface area contributed by atoms with Crippen molar-refractivity contribution >= 4 is 17.1 Å². The highest BCUT2D eigenvalue weighted by Gasteiger charge is 2.27. The van der Waals surface area contributed by atoms with Crippen LogP contribution in [0.1, 0.15) is 6.42 Å². The molecule has 140 valence electrons. The summed E-state index contributed by atoms with van der Waals surface area (Å²) in [6, 6.07) is 4.76. The van der Waals surface area contributed by atoms with Gasteiger partial charge in [0.25, 0.3) is 5.69 Å². The third-order valence-corrected chi connectivity index (χ3v) is 4.85. The standard InChI is InChI=1S/C17H22FN5O3/c18-14-12-17(23(24)25)16(13-15(14)22-8-10-26-11-9-22)21-6-4-20(5-7-21)3-1-2-19/h12-13H,1,3-11H2. The highest BCUT2D eigenvalue weighted by molar-refractivity contribution is 5.71. The Balaban J connectivity index is 1.83. The van der Waals surface area contributed by atoms with Crippen LogP contribution >= 0.6 is 0 Å². The molecule has 1 aromatic rings. The van der Waals surface area contributed by atoms with E-state index in [4.69, 9.17) is 10.00 Å². The second-order valence-corrected chi connectivity index (χ2v) is 6.39. The Labute approximate surface area is 151 Å². The predicted molar refractivity (Wildman–Crippen MR) is 95.0 cm³/mol. The SMILES string of the molecule is N#CCCN1CCN(c2cc(N3CCOCC3)c(F)cc2[N+](=O)[O-])CC1. The number of nitro benzene ring substituents is 1. The molecule has 2 aliphatic heterocycles. The predicted octanol–water partition coefficient (Wildman–Crippen LogP) is 1.61. The zero-order valence-electron chi connectivity index (χ0n) is 14.6. The number of ether oxygens (including phenoxy) is 1. The first kappa shape index (κ1) is 18.4. The number of hydrogen-bond donors (Lipinski definition) is 0. The fourth-order valence-corrected chi connectivity index (χ4v) is 3.41. The number of nitro groups is 1. The Morgan fingerprint density at radius 2 is 1.77 bits per heavy atom. The van der Waals surface area contributed by atoms with Crippen molar-refractivity contribution in [2.75, 3.05) is 68.8 Å². The number of nitriles is 1. The summed E-state index contributed by atoms with van der Waals surface area (Å²) < 4.78 is 19.8. The first-order chi connectivity index (χ1) is 12.6. The number of morpholine rings is 1. The van der Waals surface area contributed by atoms with Gasteiger partial charge in [-0.15, -0.1) is 0 Å². The van der Waals surface area contributed by atoms with E-state index in [9.17, 15) is 14.5 Å². The Bertz CT molecular complexity index is 694. The van der Waals surface area contributed by atoms with Crippen molar-refractivity contribution < 1.29 is 14.1 Å². The van der Waals surface area contributed by atoms with E-state index in [0.717, 1.165) is 19.2 Å². The number of nitrogens with zero attached hydrogens (tertiary/aromatic N) is 5. The lowest BCUT2D eigenvalue weighted by molar-refractivity contribution is -0.384. The molecule has 1 aromatic carbocycles. The first-order valence-corrected chi connectivity index (χ1v) is 8.75. The van der Waals surface area contributed by atoms with E-state index in [-0.39, 0.29) is 5.69 Å². The van der Waals surface area contributed by atoms with E-state index < -0.39 is 10.7 Å². The molecule has 26 heavy (non-hydrogen) atoms. The van der Waals surface area contributed by atoms with E-state index in [1.165, 1.54) is 0 Å². The molecule has 2 heterocycles. The molecule has 0 N–H and O–H groups in total. The number of piperazine rings is 1. The molecule has 3 rings (SSSR count). The summed E-state index contributed by atoms with van der Waals surface area (Å²) in [5, 5.41) is 20.1. The van der Waals surface area contributed by atoms with Crippen molar-refractivity contribution in [3.63, 3.8) is 0 Å². The molecule has 0 amide bonds. The van der Waals surface area contributed by atoms with Crippen LogP contribution in [-0.2, 0) is 4.74 Å². The first-order valence-electron chi connectivity index (χ1n) is 8.75. The van der Waals surface area contributed by atoms with Gasteiger partial charge in [-0.25, -0.2) is 4.39 Å². The topological polar surface area (TPSA) is 85.9 Å². The third-order valence-electron chi connectivity index (χ3n) is 4.85. The summed E-state index contributed by atoms with van der Waals surface area (Å²) in [7, 11) is 0. The van der Waals surface area contributed by atoms with Crippen molar-refractivity contribution in [1.29, 1.82) is 5.26 Å². The van der Waals surface area contributed by atoms with E-state index in [2.05, 4.69) is 11.0 Å². The highest BCUT2D eigenvalue weighted by atomic mass is 19.1. The average Bonchev–Trinajstić information content (AvgIpc) is 2.67. The van der Waals surface area contributed by atoms with Gasteiger partial charge in [-0.2, -0.15) is 5.26 Å². The quantitative estimate of drug-likeness (QED) is 0.580. The van der Waals surface area contributed by atoms with Gasteiger partial charge in [0.1, 0.15) is 5.69 Å². The average molecular weight is 363 g/mol. The van der Waals surface area contributed by atoms with Crippen LogP contribution in [0.2, 0.25) is 0 Å². The van der Waals surface area contributed by atoms with E-state index in [0.29, 0.717) is 63.7 Å². The lowest BCUT2D eigenvalue weighted by Crippen LogP contribution is -2.46. The van der Waals surface area contributed by atoms with Crippen LogP contribution in [0.15, 0.2) is 12.1 Å². The molecular weight excluding hydrogens is 341 g/mol. The van der Waals surface area contributed by atoms with Gasteiger partial charge in [0.15, 0.2) is 5.82 Å². The van der Waals surface area contributed by atoms with Crippen LogP contribution in [-0.4, -0.2) is 68.9 Å². The van der Waals surface area contributed by atoms with Crippen molar-refractivity contribution in [3.05, 3.63) is 28.1 Å². The lowest BCUT2D eigenvalue weighted by Gasteiger charge is -2.36. The fraction of sp³-hybridized carbons (Fsp3) is 0.588. The number of hydrogen-bond acceptors (Lipinski definition) is 7. The van der Waals surface area contributed by atoms with Crippen LogP contribution in [0.4, 0.5) is 21.5 Å². The largest absolute Gasteiger partial charge is 0.378 e. The molecule has 0 bridgehead atoms. The Kier molecular flexibility index (Phi) is 5.85.